The lowest BCUT2D eigenvalue weighted by Gasteiger charge is -2.40. The summed E-state index contributed by atoms with van der Waals surface area (Å²) in [7, 11) is 0. The van der Waals surface area contributed by atoms with Gasteiger partial charge in [-0.25, -0.2) is 0 Å². The van der Waals surface area contributed by atoms with Crippen LogP contribution in [0.2, 0.25) is 0 Å². The van der Waals surface area contributed by atoms with Crippen molar-refractivity contribution in [2.45, 2.75) is 312 Å². The molecule has 7 aromatic rings. The Bertz CT molecular complexity index is 2610. The van der Waals surface area contributed by atoms with Gasteiger partial charge in [-0.1, -0.05) is 363 Å². The molecular weight excluding hydrogens is 1410 g/mol. The maximum Gasteiger partial charge on any atom is 0.115 e. The number of fused-ring (bicyclic) bond motifs is 24. The molecule has 10 saturated carbocycles. The van der Waals surface area contributed by atoms with E-state index in [1.165, 1.54) is 94.7 Å². The first-order valence-electron chi connectivity index (χ1n) is 44.8. The van der Waals surface area contributed by atoms with Crippen LogP contribution in [0.3, 0.4) is 0 Å². The Morgan fingerprint density at radius 2 is 0.296 bits per heavy atom. The summed E-state index contributed by atoms with van der Waals surface area (Å²) in [5.74, 6) is 21.8. The van der Waals surface area contributed by atoms with Gasteiger partial charge in [0.15, 0.2) is 0 Å². The molecule has 658 valence electrons. The van der Waals surface area contributed by atoms with Crippen LogP contribution >= 0.6 is 0 Å². The van der Waals surface area contributed by atoms with Crippen LogP contribution in [0.1, 0.15) is 312 Å². The maximum atomic E-state index is 8.63. The van der Waals surface area contributed by atoms with Crippen molar-refractivity contribution in [2.24, 2.45) is 116 Å². The molecule has 7 N–H and O–H groups in total. The van der Waals surface area contributed by atoms with Crippen molar-refractivity contribution in [2.75, 3.05) is 0 Å². The second-order valence-electron chi connectivity index (χ2n) is 36.0. The molecular formula is C108H184O7. The molecule has 7 aromatic carbocycles. The molecule has 0 saturated heterocycles. The van der Waals surface area contributed by atoms with Crippen molar-refractivity contribution >= 4 is 0 Å². The SMILES string of the molecule is C.C.C1CC2C(C1)C1CC2C2C3CCC(C3)C12.C1CC2C(C1)C1CC2C2C3CCC(C3)C12.CC.CC.CC.CC.CC.CC.CC.CC(C)(C)C.CC(C)(C)C.CC(C)(C)C.CC(C)(C)C.Oc1ccccc1.Oc1ccccc1.Oc1ccccc1.Oc1ccccc1.Oc1ccccc1.Oc1ccccc1.Oc1ccccc1. The van der Waals surface area contributed by atoms with Crippen molar-refractivity contribution in [3.8, 4) is 40.2 Å². The summed E-state index contributed by atoms with van der Waals surface area (Å²) in [6.45, 7) is 63.0. The Morgan fingerprint density at radius 3 is 0.391 bits per heavy atom. The highest BCUT2D eigenvalue weighted by atomic mass is 16.3. The van der Waals surface area contributed by atoms with E-state index < -0.39 is 0 Å². The third-order valence-corrected chi connectivity index (χ3v) is 19.9. The van der Waals surface area contributed by atoms with E-state index >= 15 is 0 Å². The quantitative estimate of drug-likeness (QED) is 0.0750. The van der Waals surface area contributed by atoms with Crippen LogP contribution in [0.15, 0.2) is 212 Å². The highest BCUT2D eigenvalue weighted by Gasteiger charge is 2.67. The molecule has 10 fully saturated rings. The molecule has 7 nitrogen and oxygen atoms in total. The molecule has 8 bridgehead atoms. The topological polar surface area (TPSA) is 142 Å². The van der Waals surface area contributed by atoms with Gasteiger partial charge in [0.05, 0.1) is 0 Å². The zero-order valence-corrected chi connectivity index (χ0v) is 78.0. The summed E-state index contributed by atoms with van der Waals surface area (Å²) in [4.78, 5) is 0. The smallest absolute Gasteiger partial charge is 0.115 e. The van der Waals surface area contributed by atoms with Gasteiger partial charge in [0.2, 0.25) is 0 Å². The highest BCUT2D eigenvalue weighted by Crippen LogP contribution is 2.74. The Kier molecular flexibility index (Phi) is 67.1. The largest absolute Gasteiger partial charge is 0.508 e. The Labute approximate surface area is 712 Å². The average molecular weight is 1590 g/mol. The van der Waals surface area contributed by atoms with Gasteiger partial charge < -0.3 is 35.7 Å². The number of phenols is 7. The molecule has 0 radical (unpaired) electrons. The van der Waals surface area contributed by atoms with Crippen molar-refractivity contribution in [1.82, 2.24) is 0 Å². The van der Waals surface area contributed by atoms with E-state index in [4.69, 9.17) is 35.7 Å². The first-order valence-corrected chi connectivity index (χ1v) is 44.8. The van der Waals surface area contributed by atoms with Crippen molar-refractivity contribution in [1.29, 1.82) is 0 Å². The van der Waals surface area contributed by atoms with Crippen LogP contribution in [0.4, 0.5) is 0 Å². The minimum atomic E-state index is 0. The zero-order valence-electron chi connectivity index (χ0n) is 78.0. The molecule has 16 atom stereocenters. The molecule has 10 aliphatic carbocycles. The molecule has 0 aliphatic heterocycles. The molecule has 17 rings (SSSR count). The summed E-state index contributed by atoms with van der Waals surface area (Å²) < 4.78 is 0. The predicted molar refractivity (Wildman–Crippen MR) is 511 cm³/mol. The van der Waals surface area contributed by atoms with Gasteiger partial charge in [0.25, 0.3) is 0 Å². The molecule has 0 spiro atoms. The van der Waals surface area contributed by atoms with Crippen LogP contribution in [0.5, 0.6) is 40.2 Å². The van der Waals surface area contributed by atoms with Gasteiger partial charge in [-0.05, 0) is 278 Å². The third kappa shape index (κ3) is 51.8. The van der Waals surface area contributed by atoms with Gasteiger partial charge in [0.1, 0.15) is 40.2 Å². The van der Waals surface area contributed by atoms with E-state index in [9.17, 15) is 0 Å². The van der Waals surface area contributed by atoms with Crippen molar-refractivity contribution in [3.63, 3.8) is 0 Å². The summed E-state index contributed by atoms with van der Waals surface area (Å²) in [5.41, 5.74) is 2.00. The van der Waals surface area contributed by atoms with E-state index in [0.717, 1.165) is 0 Å². The molecule has 0 aromatic heterocycles. The van der Waals surface area contributed by atoms with Crippen LogP contribution in [0, 0.1) is 116 Å². The van der Waals surface area contributed by atoms with E-state index in [1.54, 1.807) is 260 Å². The number of phenolic OH excluding ortho intramolecular Hbond substituents is 7. The average Bonchev–Trinajstić information content (AvgIpc) is 1.54. The third-order valence-electron chi connectivity index (χ3n) is 19.9. The number of hydrogen-bond acceptors (Lipinski definition) is 7. The van der Waals surface area contributed by atoms with E-state index in [0.29, 0.717) is 61.9 Å². The molecule has 115 heavy (non-hydrogen) atoms. The number of rotatable bonds is 0. The van der Waals surface area contributed by atoms with Crippen LogP contribution in [0.25, 0.3) is 0 Å². The van der Waals surface area contributed by atoms with Gasteiger partial charge in [0, 0.05) is 0 Å². The van der Waals surface area contributed by atoms with Crippen molar-refractivity contribution < 1.29 is 35.7 Å². The van der Waals surface area contributed by atoms with Gasteiger partial charge in [-0.15, -0.1) is 0 Å². The number of benzene rings is 7. The standard InChI is InChI=1S/2C15H22.7C6H6O.4C5H12.7C2H6.2CH4/c2*1-2-10-11(3-1)13-7-12(10)14-8-4-5-9(6-8)15(13)14;7*7-6-4-2-1-3-5-6;4*1-5(2,3)4;7*1-2;;/h2*8-15H,1-7H2;7*1-5,7H;4*1-4H3;7*1-2H3;2*1H4. The second-order valence-corrected chi connectivity index (χ2v) is 36.0. The molecule has 0 amide bonds. The fourth-order valence-electron chi connectivity index (χ4n) is 17.6. The molecule has 16 unspecified atom stereocenters. The molecule has 7 heteroatoms. The normalized spacial score (nSPS) is 24.1. The highest BCUT2D eigenvalue weighted by molar-refractivity contribution is 5.23. The minimum absolute atomic E-state index is 0. The number of aromatic hydroxyl groups is 7. The van der Waals surface area contributed by atoms with Gasteiger partial charge in [-0.3, -0.25) is 0 Å². The van der Waals surface area contributed by atoms with E-state index in [-0.39, 0.29) is 14.9 Å². The summed E-state index contributed by atoms with van der Waals surface area (Å²) in [6.07, 6.45) is 22.8. The summed E-state index contributed by atoms with van der Waals surface area (Å²) >= 11 is 0. The fraction of sp³-hybridized carbons (Fsp3) is 0.611. The first-order chi connectivity index (χ1) is 53.6. The minimum Gasteiger partial charge on any atom is -0.508 e. The first kappa shape index (κ1) is 117. The lowest BCUT2D eigenvalue weighted by atomic mass is 9.64. The predicted octanol–water partition coefficient (Wildman–Crippen LogP) is 33.8. The van der Waals surface area contributed by atoms with E-state index in [2.05, 4.69) is 111 Å². The van der Waals surface area contributed by atoms with Crippen LogP contribution < -0.4 is 0 Å². The van der Waals surface area contributed by atoms with E-state index in [1.807, 2.05) is 139 Å². The van der Waals surface area contributed by atoms with Crippen LogP contribution in [-0.4, -0.2) is 35.7 Å². The maximum absolute atomic E-state index is 8.63. The number of hydrogen-bond donors (Lipinski definition) is 7. The van der Waals surface area contributed by atoms with Gasteiger partial charge in [-0.2, -0.15) is 0 Å². The number of para-hydroxylation sites is 7. The summed E-state index contributed by atoms with van der Waals surface area (Å²) in [6, 6.07) is 61.0. The molecule has 10 aliphatic rings. The lowest BCUT2D eigenvalue weighted by Crippen LogP contribution is -2.35. The molecule has 0 heterocycles. The zero-order chi connectivity index (χ0) is 86.9. The fourth-order valence-corrected chi connectivity index (χ4v) is 17.6. The second kappa shape index (κ2) is 66.1. The monoisotopic (exact) mass is 1590 g/mol. The Balaban J connectivity index is -0.000000382. The van der Waals surface area contributed by atoms with Crippen LogP contribution in [-0.2, 0) is 0 Å². The Hall–Kier alpha value is -6.86. The Morgan fingerprint density at radius 1 is 0.183 bits per heavy atom. The summed E-state index contributed by atoms with van der Waals surface area (Å²) in [5, 5.41) is 60.4. The van der Waals surface area contributed by atoms with Crippen molar-refractivity contribution in [3.05, 3.63) is 212 Å². The lowest BCUT2D eigenvalue weighted by molar-refractivity contribution is 0.0716. The van der Waals surface area contributed by atoms with Gasteiger partial charge >= 0.3 is 0 Å².